The first-order chi connectivity index (χ1) is 8.00. The van der Waals surface area contributed by atoms with Gasteiger partial charge in [0, 0.05) is 12.1 Å². The van der Waals surface area contributed by atoms with E-state index in [1.54, 1.807) is 0 Å². The molecule has 6 nitrogen and oxygen atoms in total. The summed E-state index contributed by atoms with van der Waals surface area (Å²) in [4.78, 5) is 9.20. The Kier molecular flexibility index (Phi) is 3.51. The molecule has 100 valence electrons. The van der Waals surface area contributed by atoms with E-state index >= 15 is 0 Å². The molecule has 0 aromatic heterocycles. The summed E-state index contributed by atoms with van der Waals surface area (Å²) in [6, 6.07) is 1.57. The number of hydrogen-bond donors (Lipinski definition) is 0. The van der Waals surface area contributed by atoms with E-state index in [2.05, 4.69) is 4.18 Å². The standard InChI is InChI=1S/C8H6F3NO5S/c1-18(15,16)17-5-2-3-7(12(13)14)6(4-5)8(9,10)11/h2-4H,1H3. The zero-order valence-electron chi connectivity index (χ0n) is 8.76. The van der Waals surface area contributed by atoms with Gasteiger partial charge in [-0.2, -0.15) is 21.6 Å². The highest BCUT2D eigenvalue weighted by Gasteiger charge is 2.38. The number of nitro benzene ring substituents is 1. The van der Waals surface area contributed by atoms with Crippen LogP contribution in [0.2, 0.25) is 0 Å². The summed E-state index contributed by atoms with van der Waals surface area (Å²) in [5, 5.41) is 10.4. The predicted molar refractivity (Wildman–Crippen MR) is 53.6 cm³/mol. The summed E-state index contributed by atoms with van der Waals surface area (Å²) in [7, 11) is -4.01. The van der Waals surface area contributed by atoms with Crippen LogP contribution in [0.15, 0.2) is 18.2 Å². The lowest BCUT2D eigenvalue weighted by molar-refractivity contribution is -0.388. The van der Waals surface area contributed by atoms with Crippen molar-refractivity contribution in [1.82, 2.24) is 0 Å². The van der Waals surface area contributed by atoms with Crippen molar-refractivity contribution in [1.29, 1.82) is 0 Å². The molecule has 0 unspecified atom stereocenters. The maximum Gasteiger partial charge on any atom is 0.423 e. The highest BCUT2D eigenvalue weighted by molar-refractivity contribution is 7.86. The second-order valence-corrected chi connectivity index (χ2v) is 4.80. The van der Waals surface area contributed by atoms with E-state index in [1.807, 2.05) is 0 Å². The Labute approximate surface area is 99.3 Å². The molecule has 0 spiro atoms. The van der Waals surface area contributed by atoms with E-state index in [0.717, 1.165) is 6.07 Å². The van der Waals surface area contributed by atoms with Gasteiger partial charge in [-0.15, -0.1) is 0 Å². The molecule has 1 aromatic rings. The molecule has 0 saturated carbocycles. The van der Waals surface area contributed by atoms with Crippen LogP contribution in [0.5, 0.6) is 5.75 Å². The topological polar surface area (TPSA) is 86.5 Å². The van der Waals surface area contributed by atoms with Gasteiger partial charge in [0.15, 0.2) is 0 Å². The minimum Gasteiger partial charge on any atom is -0.383 e. The van der Waals surface area contributed by atoms with Gasteiger partial charge in [0.05, 0.1) is 11.2 Å². The van der Waals surface area contributed by atoms with Gasteiger partial charge < -0.3 is 4.18 Å². The molecule has 0 bridgehead atoms. The zero-order valence-corrected chi connectivity index (χ0v) is 9.58. The van der Waals surface area contributed by atoms with Gasteiger partial charge in [-0.3, -0.25) is 10.1 Å². The average Bonchev–Trinajstić information content (AvgIpc) is 2.13. The van der Waals surface area contributed by atoms with Crippen molar-refractivity contribution in [3.63, 3.8) is 0 Å². The molecule has 0 amide bonds. The van der Waals surface area contributed by atoms with E-state index in [1.165, 1.54) is 0 Å². The molecular weight excluding hydrogens is 279 g/mol. The fourth-order valence-electron chi connectivity index (χ4n) is 1.13. The average molecular weight is 285 g/mol. The number of nitro groups is 1. The van der Waals surface area contributed by atoms with E-state index < -0.39 is 38.2 Å². The molecule has 0 radical (unpaired) electrons. The van der Waals surface area contributed by atoms with Crippen molar-refractivity contribution in [2.24, 2.45) is 0 Å². The molecule has 0 heterocycles. The first-order valence-corrected chi connectivity index (χ1v) is 6.07. The maximum absolute atomic E-state index is 12.5. The largest absolute Gasteiger partial charge is 0.423 e. The minimum atomic E-state index is -4.99. The van der Waals surface area contributed by atoms with Crippen LogP contribution < -0.4 is 4.18 Å². The quantitative estimate of drug-likeness (QED) is 0.481. The van der Waals surface area contributed by atoms with Crippen molar-refractivity contribution < 1.29 is 30.7 Å². The number of nitrogens with zero attached hydrogens (tertiary/aromatic N) is 1. The molecule has 0 aliphatic carbocycles. The minimum absolute atomic E-state index is 0.263. The van der Waals surface area contributed by atoms with Crippen molar-refractivity contribution in [3.05, 3.63) is 33.9 Å². The Bertz CT molecular complexity index is 581. The molecule has 0 atom stereocenters. The summed E-state index contributed by atoms with van der Waals surface area (Å²) in [6.45, 7) is 0. The molecule has 0 fully saturated rings. The van der Waals surface area contributed by atoms with Gasteiger partial charge in [-0.25, -0.2) is 0 Å². The lowest BCUT2D eigenvalue weighted by Gasteiger charge is -2.09. The van der Waals surface area contributed by atoms with Crippen LogP contribution in [0.1, 0.15) is 5.56 Å². The first kappa shape index (κ1) is 14.2. The van der Waals surface area contributed by atoms with Crippen LogP contribution in [0, 0.1) is 10.1 Å². The first-order valence-electron chi connectivity index (χ1n) is 4.26. The molecule has 1 aromatic carbocycles. The van der Waals surface area contributed by atoms with Crippen LogP contribution >= 0.6 is 0 Å². The summed E-state index contributed by atoms with van der Waals surface area (Å²) in [6.07, 6.45) is -4.35. The summed E-state index contributed by atoms with van der Waals surface area (Å²) in [5.74, 6) is -0.643. The van der Waals surface area contributed by atoms with Gasteiger partial charge in [0.1, 0.15) is 11.3 Å². The van der Waals surface area contributed by atoms with Crippen molar-refractivity contribution in [2.75, 3.05) is 6.26 Å². The normalized spacial score (nSPS) is 12.2. The monoisotopic (exact) mass is 285 g/mol. The van der Waals surface area contributed by atoms with E-state index in [0.29, 0.717) is 12.3 Å². The molecule has 10 heteroatoms. The van der Waals surface area contributed by atoms with Crippen LogP contribution in [-0.2, 0) is 16.3 Å². The third-order valence-corrected chi connectivity index (χ3v) is 2.21. The maximum atomic E-state index is 12.5. The highest BCUT2D eigenvalue weighted by atomic mass is 32.2. The van der Waals surface area contributed by atoms with Gasteiger partial charge in [0.2, 0.25) is 0 Å². The van der Waals surface area contributed by atoms with Crippen molar-refractivity contribution >= 4 is 15.8 Å². The Morgan fingerprint density at radius 3 is 2.28 bits per heavy atom. The fraction of sp³-hybridized carbons (Fsp3) is 0.250. The Hall–Kier alpha value is -1.84. The molecule has 1 rings (SSSR count). The third kappa shape index (κ3) is 3.58. The smallest absolute Gasteiger partial charge is 0.383 e. The Morgan fingerprint density at radius 1 is 1.33 bits per heavy atom. The summed E-state index contributed by atoms with van der Waals surface area (Å²) in [5.41, 5.74) is -2.75. The molecule has 0 N–H and O–H groups in total. The van der Waals surface area contributed by atoms with E-state index in [9.17, 15) is 31.7 Å². The number of rotatable bonds is 3. The van der Waals surface area contributed by atoms with Crippen LogP contribution in [0.25, 0.3) is 0 Å². The predicted octanol–water partition coefficient (Wildman–Crippen LogP) is 1.95. The van der Waals surface area contributed by atoms with Crippen molar-refractivity contribution in [3.8, 4) is 5.75 Å². The lowest BCUT2D eigenvalue weighted by Crippen LogP contribution is -2.11. The van der Waals surface area contributed by atoms with Crippen LogP contribution in [0.4, 0.5) is 18.9 Å². The van der Waals surface area contributed by atoms with Gasteiger partial charge in [-0.1, -0.05) is 0 Å². The second kappa shape index (κ2) is 4.44. The fourth-order valence-corrected chi connectivity index (χ4v) is 1.58. The Morgan fingerprint density at radius 2 is 1.89 bits per heavy atom. The molecule has 0 saturated heterocycles. The summed E-state index contributed by atoms with van der Waals surface area (Å²) < 4.78 is 63.2. The van der Waals surface area contributed by atoms with Gasteiger partial charge in [-0.05, 0) is 6.07 Å². The second-order valence-electron chi connectivity index (χ2n) is 3.22. The number of hydrogen-bond acceptors (Lipinski definition) is 5. The SMILES string of the molecule is CS(=O)(=O)Oc1ccc([N+](=O)[O-])c(C(F)(F)F)c1. The van der Waals surface area contributed by atoms with Crippen LogP contribution in [-0.4, -0.2) is 19.6 Å². The van der Waals surface area contributed by atoms with Crippen molar-refractivity contribution in [2.45, 2.75) is 6.18 Å². The highest BCUT2D eigenvalue weighted by Crippen LogP contribution is 2.38. The number of halogens is 3. The molecule has 0 aliphatic heterocycles. The van der Waals surface area contributed by atoms with Gasteiger partial charge >= 0.3 is 16.3 Å². The number of benzene rings is 1. The third-order valence-electron chi connectivity index (χ3n) is 1.72. The van der Waals surface area contributed by atoms with E-state index in [4.69, 9.17) is 0 Å². The van der Waals surface area contributed by atoms with Crippen LogP contribution in [0.3, 0.4) is 0 Å². The molecule has 18 heavy (non-hydrogen) atoms. The lowest BCUT2D eigenvalue weighted by atomic mass is 10.1. The zero-order chi connectivity index (χ0) is 14.1. The van der Waals surface area contributed by atoms with Gasteiger partial charge in [0.25, 0.3) is 5.69 Å². The number of alkyl halides is 3. The summed E-state index contributed by atoms with van der Waals surface area (Å²) >= 11 is 0. The molecular formula is C8H6F3NO5S. The Balaban J connectivity index is 3.35. The van der Waals surface area contributed by atoms with E-state index in [-0.39, 0.29) is 6.07 Å². The molecule has 0 aliphatic rings.